The Morgan fingerprint density at radius 1 is 0.935 bits per heavy atom. The molecule has 0 saturated heterocycles. The van der Waals surface area contributed by atoms with E-state index in [1.165, 1.54) is 50.4 Å². The molecule has 0 bridgehead atoms. The molecule has 31 heavy (non-hydrogen) atoms. The first-order chi connectivity index (χ1) is 14.4. The molecule has 2 aromatic carbocycles. The minimum atomic E-state index is -3.80. The van der Waals surface area contributed by atoms with Crippen LogP contribution in [0.5, 0.6) is 5.75 Å². The van der Waals surface area contributed by atoms with Crippen molar-refractivity contribution in [3.05, 3.63) is 54.1 Å². The smallest absolute Gasteiger partial charge is 0.243 e. The fraction of sp³-hybridized carbons (Fsp3) is 0.350. The fourth-order valence-corrected chi connectivity index (χ4v) is 4.57. The molecular formula is C20H27N3O6S2. The van der Waals surface area contributed by atoms with Crippen molar-refractivity contribution < 1.29 is 26.4 Å². The lowest BCUT2D eigenvalue weighted by Gasteiger charge is -2.26. The minimum absolute atomic E-state index is 0.0225. The molecule has 170 valence electrons. The highest BCUT2D eigenvalue weighted by molar-refractivity contribution is 7.92. The summed E-state index contributed by atoms with van der Waals surface area (Å²) >= 11 is 0. The van der Waals surface area contributed by atoms with Gasteiger partial charge in [0.1, 0.15) is 12.3 Å². The Bertz CT molecular complexity index is 1130. The molecule has 2 aromatic rings. The van der Waals surface area contributed by atoms with E-state index in [1.807, 2.05) is 18.2 Å². The van der Waals surface area contributed by atoms with Crippen molar-refractivity contribution in [1.29, 1.82) is 0 Å². The van der Waals surface area contributed by atoms with Crippen molar-refractivity contribution in [1.82, 2.24) is 9.21 Å². The van der Waals surface area contributed by atoms with Crippen LogP contribution in [0.2, 0.25) is 0 Å². The van der Waals surface area contributed by atoms with Gasteiger partial charge < -0.3 is 9.64 Å². The Hall–Kier alpha value is -2.63. The van der Waals surface area contributed by atoms with Crippen LogP contribution >= 0.6 is 0 Å². The van der Waals surface area contributed by atoms with E-state index in [9.17, 15) is 21.6 Å². The summed E-state index contributed by atoms with van der Waals surface area (Å²) in [6.07, 6.45) is 0.991. The monoisotopic (exact) mass is 469 g/mol. The van der Waals surface area contributed by atoms with E-state index in [4.69, 9.17) is 4.74 Å². The molecule has 0 aliphatic carbocycles. The van der Waals surface area contributed by atoms with Crippen molar-refractivity contribution in [2.45, 2.75) is 11.4 Å². The van der Waals surface area contributed by atoms with E-state index in [0.29, 0.717) is 5.75 Å². The summed E-state index contributed by atoms with van der Waals surface area (Å²) in [6.45, 7) is -0.190. The number of methoxy groups -OCH3 is 1. The van der Waals surface area contributed by atoms with E-state index in [-0.39, 0.29) is 17.1 Å². The van der Waals surface area contributed by atoms with E-state index in [1.54, 1.807) is 13.1 Å². The Morgan fingerprint density at radius 3 is 2.03 bits per heavy atom. The molecule has 9 nitrogen and oxygen atoms in total. The largest absolute Gasteiger partial charge is 0.496 e. The van der Waals surface area contributed by atoms with Crippen molar-refractivity contribution in [3.8, 4) is 5.75 Å². The Kier molecular flexibility index (Phi) is 7.68. The van der Waals surface area contributed by atoms with E-state index >= 15 is 0 Å². The van der Waals surface area contributed by atoms with Crippen molar-refractivity contribution in [3.63, 3.8) is 0 Å². The average Bonchev–Trinajstić information content (AvgIpc) is 2.71. The molecule has 11 heteroatoms. The standard InChI is InChI=1S/C20H27N3O6S2/c1-21(2)31(27,28)18-12-10-17(11-13-18)23(30(5,25)26)15-20(24)22(3)14-16-8-6-7-9-19(16)29-4/h6-13H,14-15H2,1-5H3. The zero-order valence-corrected chi connectivity index (χ0v) is 19.8. The number of likely N-dealkylation sites (N-methyl/N-ethyl adjacent to an activating group) is 1. The number of para-hydroxylation sites is 1. The number of benzene rings is 2. The molecule has 0 aliphatic heterocycles. The topological polar surface area (TPSA) is 104 Å². The number of nitrogens with zero attached hydrogens (tertiary/aromatic N) is 3. The number of hydrogen-bond acceptors (Lipinski definition) is 6. The number of amides is 1. The van der Waals surface area contributed by atoms with Gasteiger partial charge in [0.2, 0.25) is 26.0 Å². The lowest BCUT2D eigenvalue weighted by atomic mass is 10.2. The van der Waals surface area contributed by atoms with Gasteiger partial charge in [0.15, 0.2) is 0 Å². The Labute approximate surface area is 183 Å². The highest BCUT2D eigenvalue weighted by Gasteiger charge is 2.24. The van der Waals surface area contributed by atoms with Gasteiger partial charge in [0.05, 0.1) is 23.9 Å². The number of sulfonamides is 2. The van der Waals surface area contributed by atoms with Crippen LogP contribution in [0.25, 0.3) is 0 Å². The molecule has 0 aromatic heterocycles. The maximum Gasteiger partial charge on any atom is 0.243 e. The molecule has 0 fully saturated rings. The van der Waals surface area contributed by atoms with Gasteiger partial charge in [0.25, 0.3) is 0 Å². The lowest BCUT2D eigenvalue weighted by molar-refractivity contribution is -0.128. The number of carbonyl (C=O) groups is 1. The van der Waals surface area contributed by atoms with Gasteiger partial charge in [-0.25, -0.2) is 21.1 Å². The molecule has 0 aliphatic rings. The summed E-state index contributed by atoms with van der Waals surface area (Å²) in [4.78, 5) is 14.2. The highest BCUT2D eigenvalue weighted by atomic mass is 32.2. The van der Waals surface area contributed by atoms with Gasteiger partial charge >= 0.3 is 0 Å². The second-order valence-electron chi connectivity index (χ2n) is 7.11. The summed E-state index contributed by atoms with van der Waals surface area (Å²) in [7, 11) is -1.53. The lowest BCUT2D eigenvalue weighted by Crippen LogP contribution is -2.41. The first kappa shape index (κ1) is 24.6. The van der Waals surface area contributed by atoms with Crippen molar-refractivity contribution in [2.24, 2.45) is 0 Å². The molecule has 0 saturated carbocycles. The molecule has 2 rings (SSSR count). The van der Waals surface area contributed by atoms with Crippen LogP contribution in [0.1, 0.15) is 5.56 Å². The predicted molar refractivity (Wildman–Crippen MR) is 119 cm³/mol. The zero-order valence-electron chi connectivity index (χ0n) is 18.1. The number of ether oxygens (including phenoxy) is 1. The molecule has 0 N–H and O–H groups in total. The maximum atomic E-state index is 12.8. The van der Waals surface area contributed by atoms with Gasteiger partial charge in [-0.15, -0.1) is 0 Å². The first-order valence-electron chi connectivity index (χ1n) is 9.24. The molecule has 0 unspecified atom stereocenters. The summed E-state index contributed by atoms with van der Waals surface area (Å²) < 4.78 is 56.4. The zero-order chi connectivity index (χ0) is 23.4. The number of carbonyl (C=O) groups excluding carboxylic acids is 1. The third kappa shape index (κ3) is 5.96. The minimum Gasteiger partial charge on any atom is -0.496 e. The molecular weight excluding hydrogens is 442 g/mol. The first-order valence-corrected chi connectivity index (χ1v) is 12.5. The average molecular weight is 470 g/mol. The van der Waals surface area contributed by atoms with Crippen LogP contribution < -0.4 is 9.04 Å². The van der Waals surface area contributed by atoms with Crippen LogP contribution in [0.3, 0.4) is 0 Å². The van der Waals surface area contributed by atoms with Gasteiger partial charge in [-0.05, 0) is 30.3 Å². The quantitative estimate of drug-likeness (QED) is 0.549. The molecule has 0 spiro atoms. The summed E-state index contributed by atoms with van der Waals surface area (Å²) in [6, 6.07) is 12.6. The molecule has 0 radical (unpaired) electrons. The van der Waals surface area contributed by atoms with E-state index in [2.05, 4.69) is 0 Å². The summed E-state index contributed by atoms with van der Waals surface area (Å²) in [5.74, 6) is 0.195. The SMILES string of the molecule is COc1ccccc1CN(C)C(=O)CN(c1ccc(S(=O)(=O)N(C)C)cc1)S(C)(=O)=O. The van der Waals surface area contributed by atoms with Crippen LogP contribution in [0.4, 0.5) is 5.69 Å². The van der Waals surface area contributed by atoms with Gasteiger partial charge in [-0.2, -0.15) is 0 Å². The second kappa shape index (κ2) is 9.67. The van der Waals surface area contributed by atoms with Gasteiger partial charge in [-0.1, -0.05) is 18.2 Å². The Balaban J connectivity index is 2.25. The second-order valence-corrected chi connectivity index (χ2v) is 11.2. The van der Waals surface area contributed by atoms with Gasteiger partial charge in [0, 0.05) is 33.3 Å². The Morgan fingerprint density at radius 2 is 1.52 bits per heavy atom. The fourth-order valence-electron chi connectivity index (χ4n) is 2.82. The third-order valence-corrected chi connectivity index (χ3v) is 7.58. The predicted octanol–water partition coefficient (Wildman–Crippen LogP) is 1.37. The molecule has 0 atom stereocenters. The molecule has 1 amide bonds. The highest BCUT2D eigenvalue weighted by Crippen LogP contribution is 2.23. The van der Waals surface area contributed by atoms with E-state index < -0.39 is 32.5 Å². The van der Waals surface area contributed by atoms with Crippen LogP contribution in [-0.4, -0.2) is 73.0 Å². The normalized spacial score (nSPS) is 11.9. The maximum absolute atomic E-state index is 12.8. The van der Waals surface area contributed by atoms with Crippen LogP contribution in [0.15, 0.2) is 53.4 Å². The van der Waals surface area contributed by atoms with Crippen molar-refractivity contribution in [2.75, 3.05) is 45.4 Å². The number of rotatable bonds is 9. The third-order valence-electron chi connectivity index (χ3n) is 4.61. The number of hydrogen-bond donors (Lipinski definition) is 0. The summed E-state index contributed by atoms with van der Waals surface area (Å²) in [5.41, 5.74) is 0.976. The number of anilines is 1. The molecule has 0 heterocycles. The van der Waals surface area contributed by atoms with Gasteiger partial charge in [-0.3, -0.25) is 9.10 Å². The summed E-state index contributed by atoms with van der Waals surface area (Å²) in [5, 5.41) is 0. The van der Waals surface area contributed by atoms with Crippen molar-refractivity contribution >= 4 is 31.6 Å². The van der Waals surface area contributed by atoms with Crippen LogP contribution in [0, 0.1) is 0 Å². The van der Waals surface area contributed by atoms with E-state index in [0.717, 1.165) is 20.4 Å². The van der Waals surface area contributed by atoms with Crippen LogP contribution in [-0.2, 0) is 31.4 Å².